The number of rotatable bonds is 7. The molecule has 0 aliphatic heterocycles. The molecule has 0 saturated heterocycles. The number of nitrogens with one attached hydrogen (secondary N) is 2. The van der Waals surface area contributed by atoms with Gasteiger partial charge in [0.05, 0.1) is 18.8 Å². The van der Waals surface area contributed by atoms with Crippen LogP contribution in [0.25, 0.3) is 0 Å². The quantitative estimate of drug-likeness (QED) is 0.332. The van der Waals surface area contributed by atoms with Crippen LogP contribution in [0.4, 0.5) is 4.39 Å². The first kappa shape index (κ1) is 23.3. The summed E-state index contributed by atoms with van der Waals surface area (Å²) in [4.78, 5) is 8.47. The number of benzene rings is 1. The molecule has 1 heterocycles. The third-order valence-corrected chi connectivity index (χ3v) is 4.16. The summed E-state index contributed by atoms with van der Waals surface area (Å²) < 4.78 is 41.6. The smallest absolute Gasteiger partial charge is 0.223 e. The van der Waals surface area contributed by atoms with Gasteiger partial charge in [-0.05, 0) is 30.2 Å². The lowest BCUT2D eigenvalue weighted by molar-refractivity contribution is 0.387. The molecule has 8 nitrogen and oxygen atoms in total. The molecular weight excluding hydrogens is 488 g/mol. The Labute approximate surface area is 175 Å². The molecule has 150 valence electrons. The van der Waals surface area contributed by atoms with Crippen molar-refractivity contribution in [3.63, 3.8) is 0 Å². The van der Waals surface area contributed by atoms with Crippen molar-refractivity contribution in [3.8, 4) is 0 Å². The summed E-state index contributed by atoms with van der Waals surface area (Å²) >= 11 is 0. The molecule has 0 saturated carbocycles. The lowest BCUT2D eigenvalue weighted by atomic mass is 10.1. The fourth-order valence-electron chi connectivity index (χ4n) is 2.25. The highest BCUT2D eigenvalue weighted by atomic mass is 127. The molecule has 0 spiro atoms. The third kappa shape index (κ3) is 8.20. The molecule has 1 aromatic carbocycles. The maximum absolute atomic E-state index is 13.6. The Balaban J connectivity index is 0.00000364. The van der Waals surface area contributed by atoms with Crippen LogP contribution in [0.15, 0.2) is 27.7 Å². The van der Waals surface area contributed by atoms with E-state index >= 15 is 0 Å². The molecule has 0 aliphatic carbocycles. The van der Waals surface area contributed by atoms with Crippen molar-refractivity contribution in [1.82, 2.24) is 20.8 Å². The van der Waals surface area contributed by atoms with Gasteiger partial charge in [-0.2, -0.15) is 4.98 Å². The summed E-state index contributed by atoms with van der Waals surface area (Å²) in [6.45, 7) is 4.66. The fraction of sp³-hybridized carbons (Fsp3) is 0.438. The molecule has 0 aliphatic rings. The number of hydrogen-bond donors (Lipinski definition) is 2. The molecule has 2 aromatic rings. The molecule has 2 N–H and O–H groups in total. The second-order valence-electron chi connectivity index (χ2n) is 5.76. The highest BCUT2D eigenvalue weighted by Gasteiger charge is 2.11. The van der Waals surface area contributed by atoms with E-state index in [1.165, 1.54) is 18.2 Å². The van der Waals surface area contributed by atoms with Crippen LogP contribution < -0.4 is 10.6 Å². The molecule has 11 heteroatoms. The number of aliphatic imine (C=N–C) groups is 1. The van der Waals surface area contributed by atoms with Crippen molar-refractivity contribution in [3.05, 3.63) is 46.9 Å². The molecule has 0 radical (unpaired) electrons. The van der Waals surface area contributed by atoms with Gasteiger partial charge in [-0.3, -0.25) is 0 Å². The maximum Gasteiger partial charge on any atom is 0.223 e. The van der Waals surface area contributed by atoms with Gasteiger partial charge in [-0.15, -0.1) is 24.0 Å². The van der Waals surface area contributed by atoms with E-state index in [9.17, 15) is 12.8 Å². The van der Waals surface area contributed by atoms with Crippen molar-refractivity contribution < 1.29 is 17.3 Å². The minimum Gasteiger partial charge on any atom is -0.357 e. The normalized spacial score (nSPS) is 11.8. The Bertz CT molecular complexity index is 886. The first-order valence-electron chi connectivity index (χ1n) is 8.03. The summed E-state index contributed by atoms with van der Waals surface area (Å²) in [7, 11) is -3.23. The van der Waals surface area contributed by atoms with Gasteiger partial charge in [-0.25, -0.2) is 17.8 Å². The maximum atomic E-state index is 13.6. The Kier molecular flexibility index (Phi) is 9.09. The van der Waals surface area contributed by atoms with Crippen LogP contribution in [0.2, 0.25) is 0 Å². The number of aryl methyl sites for hydroxylation is 1. The Morgan fingerprint density at radius 1 is 1.30 bits per heavy atom. The molecule has 27 heavy (non-hydrogen) atoms. The van der Waals surface area contributed by atoms with E-state index in [0.717, 1.165) is 6.26 Å². The molecule has 0 atom stereocenters. The SMILES string of the molecule is CCNC(=NCc1cc(F)ccc1CS(C)(=O)=O)NCc1noc(C)n1.I. The Morgan fingerprint density at radius 2 is 2.04 bits per heavy atom. The summed E-state index contributed by atoms with van der Waals surface area (Å²) in [6.07, 6.45) is 1.14. The lowest BCUT2D eigenvalue weighted by Gasteiger charge is -2.11. The zero-order valence-corrected chi connectivity index (χ0v) is 18.5. The van der Waals surface area contributed by atoms with Crippen LogP contribution in [0.5, 0.6) is 0 Å². The van der Waals surface area contributed by atoms with Gasteiger partial charge in [0, 0.05) is 19.7 Å². The molecular formula is C16H23FIN5O3S. The van der Waals surface area contributed by atoms with Gasteiger partial charge in [0.1, 0.15) is 5.82 Å². The Morgan fingerprint density at radius 3 is 2.63 bits per heavy atom. The second-order valence-corrected chi connectivity index (χ2v) is 7.90. The Hall–Kier alpha value is -1.76. The highest BCUT2D eigenvalue weighted by molar-refractivity contribution is 14.0. The van der Waals surface area contributed by atoms with Crippen LogP contribution in [0, 0.1) is 12.7 Å². The van der Waals surface area contributed by atoms with Crippen LogP contribution in [0.1, 0.15) is 29.8 Å². The van der Waals surface area contributed by atoms with Crippen molar-refractivity contribution in [2.45, 2.75) is 32.7 Å². The first-order valence-corrected chi connectivity index (χ1v) is 10.1. The third-order valence-electron chi connectivity index (χ3n) is 3.32. The average molecular weight is 511 g/mol. The van der Waals surface area contributed by atoms with Crippen LogP contribution in [0.3, 0.4) is 0 Å². The van der Waals surface area contributed by atoms with E-state index < -0.39 is 15.7 Å². The largest absolute Gasteiger partial charge is 0.357 e. The molecule has 0 fully saturated rings. The monoisotopic (exact) mass is 511 g/mol. The van der Waals surface area contributed by atoms with E-state index in [4.69, 9.17) is 4.52 Å². The topological polar surface area (TPSA) is 109 Å². The van der Waals surface area contributed by atoms with Gasteiger partial charge in [0.25, 0.3) is 0 Å². The van der Waals surface area contributed by atoms with E-state index in [2.05, 4.69) is 25.8 Å². The molecule has 1 aromatic heterocycles. The van der Waals surface area contributed by atoms with Gasteiger partial charge >= 0.3 is 0 Å². The van der Waals surface area contributed by atoms with Gasteiger partial charge < -0.3 is 15.2 Å². The van der Waals surface area contributed by atoms with Crippen LogP contribution >= 0.6 is 24.0 Å². The minimum atomic E-state index is -3.23. The lowest BCUT2D eigenvalue weighted by Crippen LogP contribution is -2.37. The number of guanidine groups is 1. The first-order chi connectivity index (χ1) is 12.3. The predicted molar refractivity (Wildman–Crippen MR) is 111 cm³/mol. The number of nitrogens with zero attached hydrogens (tertiary/aromatic N) is 3. The number of hydrogen-bond acceptors (Lipinski definition) is 6. The highest BCUT2D eigenvalue weighted by Crippen LogP contribution is 2.15. The van der Waals surface area contributed by atoms with Gasteiger partial charge in [0.2, 0.25) is 5.89 Å². The summed E-state index contributed by atoms with van der Waals surface area (Å²) in [5.41, 5.74) is 1.05. The average Bonchev–Trinajstić information content (AvgIpc) is 2.96. The second kappa shape index (κ2) is 10.5. The number of aromatic nitrogens is 2. The summed E-state index contributed by atoms with van der Waals surface area (Å²) in [5, 5.41) is 9.88. The zero-order valence-electron chi connectivity index (χ0n) is 15.3. The number of sulfone groups is 1. The van der Waals surface area contributed by atoms with Crippen molar-refractivity contribution in [2.75, 3.05) is 12.8 Å². The van der Waals surface area contributed by atoms with Crippen LogP contribution in [-0.2, 0) is 28.7 Å². The summed E-state index contributed by atoms with van der Waals surface area (Å²) in [5.74, 6) is 0.826. The molecule has 0 bridgehead atoms. The van der Waals surface area contributed by atoms with Crippen molar-refractivity contribution in [1.29, 1.82) is 0 Å². The molecule has 2 rings (SSSR count). The van der Waals surface area contributed by atoms with Crippen LogP contribution in [-0.4, -0.2) is 37.3 Å². The van der Waals surface area contributed by atoms with E-state index in [-0.39, 0.29) is 36.3 Å². The van der Waals surface area contributed by atoms with E-state index in [1.807, 2.05) is 6.92 Å². The molecule has 0 amide bonds. The number of halogens is 2. The zero-order chi connectivity index (χ0) is 19.2. The van der Waals surface area contributed by atoms with Crippen molar-refractivity contribution in [2.24, 2.45) is 4.99 Å². The van der Waals surface area contributed by atoms with Gasteiger partial charge in [0.15, 0.2) is 21.6 Å². The standard InChI is InChI=1S/C16H22FN5O3S.HI/c1-4-18-16(20-9-15-21-11(2)25-22-15)19-8-13-7-14(17)6-5-12(13)10-26(3,23)24;/h5-7H,4,8-10H2,1-3H3,(H2,18,19,20);1H. The minimum absolute atomic E-state index is 0. The van der Waals surface area contributed by atoms with E-state index in [0.29, 0.717) is 41.9 Å². The predicted octanol–water partition coefficient (Wildman–Crippen LogP) is 1.94. The fourth-order valence-corrected chi connectivity index (χ4v) is 3.09. The van der Waals surface area contributed by atoms with Gasteiger partial charge in [-0.1, -0.05) is 11.2 Å². The summed E-state index contributed by atoms with van der Waals surface area (Å²) in [6, 6.07) is 4.02. The van der Waals surface area contributed by atoms with E-state index in [1.54, 1.807) is 6.92 Å². The molecule has 0 unspecified atom stereocenters. The van der Waals surface area contributed by atoms with Crippen molar-refractivity contribution >= 4 is 39.8 Å².